The average molecular weight is 237 g/mol. The van der Waals surface area contributed by atoms with Gasteiger partial charge in [0.05, 0.1) is 6.33 Å². The van der Waals surface area contributed by atoms with Gasteiger partial charge in [-0.1, -0.05) is 0 Å². The second kappa shape index (κ2) is 3.28. The quantitative estimate of drug-likeness (QED) is 0.578. The Kier molecular flexibility index (Phi) is 1.98. The standard InChI is InChI=1S/C9H11N5O3/c1-2-13-3-10-4-5(13)11-9-12-6(15)8(17)14(9)7(4)16/h3,6,8,15,17H,2H2,1H3,(H,11,12)/t6-,8+/m0/s1. The SMILES string of the molecule is CCn1cnc2c(=O)n3c(nc21)N[C@@H](O)[C@H]3O. The Labute approximate surface area is 95.2 Å². The predicted octanol–water partition coefficient (Wildman–Crippen LogP) is -1.15. The van der Waals surface area contributed by atoms with Crippen LogP contribution in [0.4, 0.5) is 5.95 Å². The van der Waals surface area contributed by atoms with Crippen LogP contribution in [0.15, 0.2) is 11.1 Å². The summed E-state index contributed by atoms with van der Waals surface area (Å²) in [5.74, 6) is 0.151. The molecule has 3 N–H and O–H groups in total. The van der Waals surface area contributed by atoms with Gasteiger partial charge in [-0.15, -0.1) is 0 Å². The van der Waals surface area contributed by atoms with Crippen molar-refractivity contribution in [1.82, 2.24) is 19.1 Å². The zero-order chi connectivity index (χ0) is 12.2. The van der Waals surface area contributed by atoms with Gasteiger partial charge in [0.2, 0.25) is 5.95 Å². The van der Waals surface area contributed by atoms with Crippen molar-refractivity contribution in [3.8, 4) is 0 Å². The lowest BCUT2D eigenvalue weighted by molar-refractivity contribution is 0.00238. The van der Waals surface area contributed by atoms with E-state index in [1.165, 1.54) is 6.33 Å². The van der Waals surface area contributed by atoms with E-state index < -0.39 is 18.0 Å². The third-order valence-electron chi connectivity index (χ3n) is 2.84. The highest BCUT2D eigenvalue weighted by Gasteiger charge is 2.32. The highest BCUT2D eigenvalue weighted by atomic mass is 16.4. The fourth-order valence-corrected chi connectivity index (χ4v) is 1.94. The maximum atomic E-state index is 12.0. The number of hydrogen-bond donors (Lipinski definition) is 3. The number of aryl methyl sites for hydroxylation is 1. The van der Waals surface area contributed by atoms with E-state index in [0.717, 1.165) is 4.57 Å². The average Bonchev–Trinajstić information content (AvgIpc) is 2.82. The van der Waals surface area contributed by atoms with Crippen LogP contribution in [0.1, 0.15) is 13.2 Å². The molecule has 17 heavy (non-hydrogen) atoms. The van der Waals surface area contributed by atoms with Crippen LogP contribution in [0, 0.1) is 0 Å². The van der Waals surface area contributed by atoms with Gasteiger partial charge in [0.15, 0.2) is 23.6 Å². The Balaban J connectivity index is 2.36. The molecule has 1 aliphatic rings. The summed E-state index contributed by atoms with van der Waals surface area (Å²) in [4.78, 5) is 20.2. The molecular formula is C9H11N5O3. The number of aliphatic hydroxyl groups excluding tert-OH is 2. The summed E-state index contributed by atoms with van der Waals surface area (Å²) < 4.78 is 2.72. The Morgan fingerprint density at radius 2 is 2.29 bits per heavy atom. The second-order valence-electron chi connectivity index (χ2n) is 3.82. The summed E-state index contributed by atoms with van der Waals surface area (Å²) in [6.45, 7) is 2.54. The molecule has 8 heteroatoms. The van der Waals surface area contributed by atoms with E-state index in [4.69, 9.17) is 0 Å². The van der Waals surface area contributed by atoms with Crippen molar-refractivity contribution < 1.29 is 10.2 Å². The fraction of sp³-hybridized carbons (Fsp3) is 0.444. The largest absolute Gasteiger partial charge is 0.369 e. The van der Waals surface area contributed by atoms with Gasteiger partial charge in [-0.05, 0) is 6.92 Å². The van der Waals surface area contributed by atoms with Crippen LogP contribution in [-0.4, -0.2) is 35.5 Å². The van der Waals surface area contributed by atoms with Crippen molar-refractivity contribution in [2.24, 2.45) is 0 Å². The molecule has 0 fully saturated rings. The van der Waals surface area contributed by atoms with E-state index in [1.54, 1.807) is 4.57 Å². The molecule has 2 aromatic heterocycles. The number of nitrogens with zero attached hydrogens (tertiary/aromatic N) is 4. The van der Waals surface area contributed by atoms with E-state index in [-0.39, 0.29) is 11.5 Å². The van der Waals surface area contributed by atoms with E-state index in [9.17, 15) is 15.0 Å². The first-order valence-corrected chi connectivity index (χ1v) is 5.23. The molecule has 0 aromatic carbocycles. The molecule has 0 amide bonds. The van der Waals surface area contributed by atoms with Crippen molar-refractivity contribution in [2.75, 3.05) is 5.32 Å². The van der Waals surface area contributed by atoms with Gasteiger partial charge in [0, 0.05) is 6.54 Å². The van der Waals surface area contributed by atoms with Crippen LogP contribution in [0.25, 0.3) is 11.2 Å². The van der Waals surface area contributed by atoms with Gasteiger partial charge in [-0.3, -0.25) is 4.79 Å². The number of aliphatic hydroxyl groups is 2. The predicted molar refractivity (Wildman–Crippen MR) is 58.3 cm³/mol. The fourth-order valence-electron chi connectivity index (χ4n) is 1.94. The third-order valence-corrected chi connectivity index (χ3v) is 2.84. The summed E-state index contributed by atoms with van der Waals surface area (Å²) in [6, 6.07) is 0. The highest BCUT2D eigenvalue weighted by Crippen LogP contribution is 2.22. The maximum absolute atomic E-state index is 12.0. The molecular weight excluding hydrogens is 226 g/mol. The minimum atomic E-state index is -1.33. The molecule has 0 unspecified atom stereocenters. The molecule has 8 nitrogen and oxygen atoms in total. The van der Waals surface area contributed by atoms with Crippen molar-refractivity contribution in [1.29, 1.82) is 0 Å². The Morgan fingerprint density at radius 3 is 3.00 bits per heavy atom. The van der Waals surface area contributed by atoms with E-state index in [2.05, 4.69) is 15.3 Å². The molecule has 2 atom stereocenters. The van der Waals surface area contributed by atoms with Crippen molar-refractivity contribution in [3.05, 3.63) is 16.7 Å². The lowest BCUT2D eigenvalue weighted by atomic mass is 10.5. The molecule has 3 rings (SSSR count). The van der Waals surface area contributed by atoms with E-state index in [0.29, 0.717) is 12.2 Å². The normalized spacial score (nSPS) is 22.8. The summed E-state index contributed by atoms with van der Waals surface area (Å²) in [5.41, 5.74) is 0.164. The highest BCUT2D eigenvalue weighted by molar-refractivity contribution is 5.71. The number of rotatable bonds is 1. The molecule has 0 saturated carbocycles. The Morgan fingerprint density at radius 1 is 1.53 bits per heavy atom. The van der Waals surface area contributed by atoms with Crippen LogP contribution in [0.2, 0.25) is 0 Å². The van der Waals surface area contributed by atoms with Crippen LogP contribution in [0.3, 0.4) is 0 Å². The maximum Gasteiger partial charge on any atom is 0.285 e. The van der Waals surface area contributed by atoms with Gasteiger partial charge in [0.25, 0.3) is 5.56 Å². The zero-order valence-corrected chi connectivity index (χ0v) is 9.03. The zero-order valence-electron chi connectivity index (χ0n) is 9.03. The number of nitrogens with one attached hydrogen (secondary N) is 1. The Hall–Kier alpha value is -1.93. The first-order valence-electron chi connectivity index (χ1n) is 5.23. The van der Waals surface area contributed by atoms with Crippen LogP contribution in [-0.2, 0) is 6.54 Å². The molecule has 0 saturated heterocycles. The summed E-state index contributed by atoms with van der Waals surface area (Å²) in [6.07, 6.45) is -1.03. The van der Waals surface area contributed by atoms with Gasteiger partial charge < -0.3 is 20.1 Å². The first kappa shape index (κ1) is 10.2. The number of hydrogen-bond acceptors (Lipinski definition) is 6. The van der Waals surface area contributed by atoms with Gasteiger partial charge in [0.1, 0.15) is 0 Å². The third kappa shape index (κ3) is 1.22. The van der Waals surface area contributed by atoms with Gasteiger partial charge in [-0.25, -0.2) is 9.55 Å². The topological polar surface area (TPSA) is 105 Å². The van der Waals surface area contributed by atoms with Crippen LogP contribution < -0.4 is 10.9 Å². The molecule has 2 aromatic rings. The van der Waals surface area contributed by atoms with Crippen molar-refractivity contribution in [3.63, 3.8) is 0 Å². The minimum absolute atomic E-state index is 0.151. The smallest absolute Gasteiger partial charge is 0.285 e. The lowest BCUT2D eigenvalue weighted by Crippen LogP contribution is -2.27. The summed E-state index contributed by atoms with van der Waals surface area (Å²) in [5, 5.41) is 21.6. The second-order valence-corrected chi connectivity index (χ2v) is 3.82. The van der Waals surface area contributed by atoms with Crippen molar-refractivity contribution in [2.45, 2.75) is 25.9 Å². The number of imidazole rings is 1. The van der Waals surface area contributed by atoms with Crippen LogP contribution in [0.5, 0.6) is 0 Å². The van der Waals surface area contributed by atoms with E-state index >= 15 is 0 Å². The van der Waals surface area contributed by atoms with Gasteiger partial charge in [-0.2, -0.15) is 4.98 Å². The number of aromatic nitrogens is 4. The van der Waals surface area contributed by atoms with Crippen LogP contribution >= 0.6 is 0 Å². The number of anilines is 1. The minimum Gasteiger partial charge on any atom is -0.369 e. The lowest BCUT2D eigenvalue weighted by Gasteiger charge is -2.07. The molecule has 3 heterocycles. The first-order chi connectivity index (χ1) is 8.13. The molecule has 0 spiro atoms. The molecule has 90 valence electrons. The Bertz CT molecular complexity index is 646. The number of fused-ring (bicyclic) bond motifs is 2. The van der Waals surface area contributed by atoms with E-state index in [1.807, 2.05) is 6.92 Å². The summed E-state index contributed by atoms with van der Waals surface area (Å²) >= 11 is 0. The molecule has 1 aliphatic heterocycles. The van der Waals surface area contributed by atoms with Crippen molar-refractivity contribution >= 4 is 17.1 Å². The molecule has 0 radical (unpaired) electrons. The summed E-state index contributed by atoms with van der Waals surface area (Å²) in [7, 11) is 0. The molecule has 0 aliphatic carbocycles. The monoisotopic (exact) mass is 237 g/mol. The molecule has 0 bridgehead atoms. The van der Waals surface area contributed by atoms with Gasteiger partial charge >= 0.3 is 0 Å².